The highest BCUT2D eigenvalue weighted by molar-refractivity contribution is 9.10. The molecule has 2 rings (SSSR count). The summed E-state index contributed by atoms with van der Waals surface area (Å²) in [5, 5.41) is 3.93. The van der Waals surface area contributed by atoms with Crippen LogP contribution in [0.1, 0.15) is 12.5 Å². The Morgan fingerprint density at radius 3 is 2.61 bits per heavy atom. The Morgan fingerprint density at radius 1 is 1.22 bits per heavy atom. The number of amides is 1. The van der Waals surface area contributed by atoms with Gasteiger partial charge in [-0.15, -0.1) is 0 Å². The lowest BCUT2D eigenvalue weighted by atomic mass is 10.2. The fraction of sp³-hybridized carbons (Fsp3) is 0.176. The number of carbonyl (C=O) groups excluding carboxylic acids is 1. The van der Waals surface area contributed by atoms with Crippen molar-refractivity contribution in [3.05, 3.63) is 58.6 Å². The molecule has 6 heteroatoms. The maximum absolute atomic E-state index is 12.0. The summed E-state index contributed by atoms with van der Waals surface area (Å²) in [6.07, 6.45) is 0.870. The van der Waals surface area contributed by atoms with Crippen LogP contribution in [0.25, 0.3) is 0 Å². The Morgan fingerprint density at radius 2 is 1.91 bits per heavy atom. The first-order chi connectivity index (χ1) is 11.1. The molecular weight excluding hydrogens is 360 g/mol. The lowest BCUT2D eigenvalue weighted by molar-refractivity contribution is -0.127. The summed E-state index contributed by atoms with van der Waals surface area (Å²) < 4.78 is 11.7. The number of carbonyl (C=O) groups is 1. The molecule has 2 aromatic carbocycles. The average molecular weight is 377 g/mol. The predicted molar refractivity (Wildman–Crippen MR) is 93.0 cm³/mol. The molecule has 5 nitrogen and oxygen atoms in total. The fourth-order valence-corrected chi connectivity index (χ4v) is 2.06. The summed E-state index contributed by atoms with van der Waals surface area (Å²) in [6, 6.07) is 14.7. The molecule has 0 unspecified atom stereocenters. The lowest BCUT2D eigenvalue weighted by Gasteiger charge is -2.12. The lowest BCUT2D eigenvalue weighted by Crippen LogP contribution is -2.33. The minimum Gasteiger partial charge on any atom is -0.496 e. The number of benzene rings is 2. The third kappa shape index (κ3) is 5.10. The van der Waals surface area contributed by atoms with Gasteiger partial charge in [0.1, 0.15) is 11.5 Å². The van der Waals surface area contributed by atoms with E-state index in [0.717, 1.165) is 10.0 Å². The molecular formula is C17H17BrN2O3. The predicted octanol–water partition coefficient (Wildman–Crippen LogP) is 3.38. The molecule has 0 aliphatic carbocycles. The first-order valence-corrected chi connectivity index (χ1v) is 7.77. The zero-order chi connectivity index (χ0) is 16.7. The minimum absolute atomic E-state index is 0.334. The van der Waals surface area contributed by atoms with Crippen LogP contribution < -0.4 is 14.9 Å². The highest BCUT2D eigenvalue weighted by Crippen LogP contribution is 2.17. The van der Waals surface area contributed by atoms with Crippen molar-refractivity contribution in [1.29, 1.82) is 0 Å². The molecule has 1 atom stereocenters. The number of para-hydroxylation sites is 1. The molecule has 0 bridgehead atoms. The summed E-state index contributed by atoms with van der Waals surface area (Å²) in [4.78, 5) is 12.0. The SMILES string of the molecule is COc1ccccc1/C=N\NC(=O)[C@@H](C)Oc1ccc(Br)cc1. The van der Waals surface area contributed by atoms with Crippen LogP contribution in [0.2, 0.25) is 0 Å². The summed E-state index contributed by atoms with van der Waals surface area (Å²) in [7, 11) is 1.58. The second kappa shape index (κ2) is 8.33. The number of nitrogens with zero attached hydrogens (tertiary/aromatic N) is 1. The molecule has 0 aliphatic rings. The van der Waals surface area contributed by atoms with Crippen LogP contribution in [0, 0.1) is 0 Å². The molecule has 0 fully saturated rings. The molecule has 0 heterocycles. The number of halogens is 1. The van der Waals surface area contributed by atoms with Gasteiger partial charge in [-0.05, 0) is 43.3 Å². The van der Waals surface area contributed by atoms with E-state index in [2.05, 4.69) is 26.5 Å². The van der Waals surface area contributed by atoms with Crippen molar-refractivity contribution in [2.75, 3.05) is 7.11 Å². The van der Waals surface area contributed by atoms with E-state index < -0.39 is 6.10 Å². The van der Waals surface area contributed by atoms with Crippen molar-refractivity contribution < 1.29 is 14.3 Å². The first kappa shape index (κ1) is 17.0. The first-order valence-electron chi connectivity index (χ1n) is 6.98. The molecule has 0 spiro atoms. The number of methoxy groups -OCH3 is 1. The Kier molecular flexibility index (Phi) is 6.17. The van der Waals surface area contributed by atoms with Gasteiger partial charge >= 0.3 is 0 Å². The van der Waals surface area contributed by atoms with Gasteiger partial charge in [0, 0.05) is 10.0 Å². The topological polar surface area (TPSA) is 59.9 Å². The van der Waals surface area contributed by atoms with Crippen LogP contribution in [0.4, 0.5) is 0 Å². The summed E-state index contributed by atoms with van der Waals surface area (Å²) in [5.41, 5.74) is 3.23. The monoisotopic (exact) mass is 376 g/mol. The van der Waals surface area contributed by atoms with Crippen LogP contribution in [0.3, 0.4) is 0 Å². The van der Waals surface area contributed by atoms with Gasteiger partial charge in [-0.25, -0.2) is 5.43 Å². The van der Waals surface area contributed by atoms with Crippen molar-refractivity contribution in [2.24, 2.45) is 5.10 Å². The van der Waals surface area contributed by atoms with E-state index in [0.29, 0.717) is 11.5 Å². The zero-order valence-electron chi connectivity index (χ0n) is 12.8. The van der Waals surface area contributed by atoms with Gasteiger partial charge in [0.25, 0.3) is 5.91 Å². The summed E-state index contributed by atoms with van der Waals surface area (Å²) in [6.45, 7) is 1.66. The third-order valence-corrected chi connectivity index (χ3v) is 3.54. The largest absolute Gasteiger partial charge is 0.496 e. The molecule has 0 radical (unpaired) electrons. The van der Waals surface area contributed by atoms with Crippen molar-refractivity contribution >= 4 is 28.1 Å². The van der Waals surface area contributed by atoms with Crippen LogP contribution in [-0.2, 0) is 4.79 Å². The van der Waals surface area contributed by atoms with Gasteiger partial charge in [0.2, 0.25) is 0 Å². The highest BCUT2D eigenvalue weighted by Gasteiger charge is 2.13. The van der Waals surface area contributed by atoms with Gasteiger partial charge in [-0.3, -0.25) is 4.79 Å². The second-order valence-electron chi connectivity index (χ2n) is 4.69. The van der Waals surface area contributed by atoms with Crippen molar-refractivity contribution in [1.82, 2.24) is 5.43 Å². The molecule has 0 aliphatic heterocycles. The zero-order valence-corrected chi connectivity index (χ0v) is 14.4. The second-order valence-corrected chi connectivity index (χ2v) is 5.61. The normalized spacial score (nSPS) is 12.0. The van der Waals surface area contributed by atoms with Crippen LogP contribution in [0.15, 0.2) is 58.1 Å². The number of hydrogen-bond donors (Lipinski definition) is 1. The number of nitrogens with one attached hydrogen (secondary N) is 1. The molecule has 0 saturated heterocycles. The average Bonchev–Trinajstić information content (AvgIpc) is 2.57. The number of ether oxygens (including phenoxy) is 2. The van der Waals surface area contributed by atoms with E-state index in [-0.39, 0.29) is 5.91 Å². The molecule has 0 saturated carbocycles. The molecule has 0 aromatic heterocycles. The van der Waals surface area contributed by atoms with Crippen LogP contribution >= 0.6 is 15.9 Å². The van der Waals surface area contributed by atoms with E-state index in [9.17, 15) is 4.79 Å². The van der Waals surface area contributed by atoms with Gasteiger partial charge < -0.3 is 9.47 Å². The third-order valence-electron chi connectivity index (χ3n) is 3.01. The smallest absolute Gasteiger partial charge is 0.280 e. The quantitative estimate of drug-likeness (QED) is 0.620. The Labute approximate surface area is 143 Å². The van der Waals surface area contributed by atoms with Crippen molar-refractivity contribution in [3.8, 4) is 11.5 Å². The minimum atomic E-state index is -0.661. The molecule has 23 heavy (non-hydrogen) atoms. The standard InChI is InChI=1S/C17H17BrN2O3/c1-12(23-15-9-7-14(18)8-10-15)17(21)20-19-11-13-5-3-4-6-16(13)22-2/h3-12H,1-2H3,(H,20,21)/b19-11-/t12-/m1/s1. The van der Waals surface area contributed by atoms with E-state index >= 15 is 0 Å². The van der Waals surface area contributed by atoms with Crippen LogP contribution in [-0.4, -0.2) is 25.3 Å². The van der Waals surface area contributed by atoms with Crippen molar-refractivity contribution in [2.45, 2.75) is 13.0 Å². The molecule has 120 valence electrons. The molecule has 2 aromatic rings. The maximum atomic E-state index is 12.0. The summed E-state index contributed by atoms with van der Waals surface area (Å²) >= 11 is 3.34. The Hall–Kier alpha value is -2.34. The molecule has 1 amide bonds. The van der Waals surface area contributed by atoms with E-state index in [1.807, 2.05) is 36.4 Å². The molecule has 1 N–H and O–H groups in total. The van der Waals surface area contributed by atoms with Gasteiger partial charge in [0.05, 0.1) is 13.3 Å². The van der Waals surface area contributed by atoms with E-state index in [4.69, 9.17) is 9.47 Å². The summed E-state index contributed by atoms with van der Waals surface area (Å²) in [5.74, 6) is 0.966. The van der Waals surface area contributed by atoms with Crippen LogP contribution in [0.5, 0.6) is 11.5 Å². The Balaban J connectivity index is 1.90. The van der Waals surface area contributed by atoms with Gasteiger partial charge in [0.15, 0.2) is 6.10 Å². The number of hydrogen-bond acceptors (Lipinski definition) is 4. The van der Waals surface area contributed by atoms with Gasteiger partial charge in [-0.2, -0.15) is 5.10 Å². The van der Waals surface area contributed by atoms with Crippen molar-refractivity contribution in [3.63, 3.8) is 0 Å². The number of hydrazone groups is 1. The number of rotatable bonds is 6. The van der Waals surface area contributed by atoms with E-state index in [1.54, 1.807) is 26.2 Å². The van der Waals surface area contributed by atoms with E-state index in [1.165, 1.54) is 6.21 Å². The van der Waals surface area contributed by atoms with Gasteiger partial charge in [-0.1, -0.05) is 28.1 Å². The highest BCUT2D eigenvalue weighted by atomic mass is 79.9. The fourth-order valence-electron chi connectivity index (χ4n) is 1.80. The maximum Gasteiger partial charge on any atom is 0.280 e. The Bertz CT molecular complexity index is 686.